The van der Waals surface area contributed by atoms with Crippen LogP contribution in [0.3, 0.4) is 0 Å². The fraction of sp³-hybridized carbons (Fsp3) is 1.00. The van der Waals surface area contributed by atoms with Crippen LogP contribution >= 0.6 is 0 Å². The molecule has 0 N–H and O–H groups in total. The van der Waals surface area contributed by atoms with Gasteiger partial charge < -0.3 is 17.0 Å². The number of halogens is 1. The summed E-state index contributed by atoms with van der Waals surface area (Å²) >= 11 is 1.42. The Hall–Kier alpha value is 1.10. The largest absolute Gasteiger partial charge is 1.00 e. The molecular formula is C5H11BrZn. The minimum absolute atomic E-state index is 0. The Labute approximate surface area is 66.5 Å². The predicted molar refractivity (Wildman–Crippen MR) is 24.3 cm³/mol. The van der Waals surface area contributed by atoms with Crippen LogP contribution in [0.1, 0.15) is 27.2 Å². The molecule has 0 fully saturated rings. The molecule has 40 valence electrons. The topological polar surface area (TPSA) is 0 Å². The second-order valence-corrected chi connectivity index (χ2v) is 6.53. The molecule has 7 heavy (non-hydrogen) atoms. The van der Waals surface area contributed by atoms with Crippen LogP contribution in [-0.2, 0) is 18.3 Å². The van der Waals surface area contributed by atoms with Gasteiger partial charge in [-0.05, 0) is 0 Å². The zero-order valence-corrected chi connectivity index (χ0v) is 9.85. The summed E-state index contributed by atoms with van der Waals surface area (Å²) in [6.45, 7) is 6.84. The monoisotopic (exact) mass is 214 g/mol. The Kier molecular flexibility index (Phi) is 6.32. The van der Waals surface area contributed by atoms with Gasteiger partial charge in [0.05, 0.1) is 0 Å². The Bertz CT molecular complexity index is 37.8. The van der Waals surface area contributed by atoms with Gasteiger partial charge in [0.2, 0.25) is 0 Å². The third-order valence-corrected chi connectivity index (χ3v) is 2.01. The summed E-state index contributed by atoms with van der Waals surface area (Å²) in [6.07, 6.45) is 1.33. The SMILES string of the molecule is CC[C](C)(C)[Zn+].[Br-]. The minimum atomic E-state index is 0. The van der Waals surface area contributed by atoms with E-state index in [9.17, 15) is 0 Å². The first kappa shape index (κ1) is 11.0. The zero-order valence-electron chi connectivity index (χ0n) is 5.29. The van der Waals surface area contributed by atoms with Crippen molar-refractivity contribution in [3.8, 4) is 0 Å². The molecule has 0 aromatic rings. The fourth-order valence-corrected chi connectivity index (χ4v) is 0. The molecule has 0 aliphatic rings. The van der Waals surface area contributed by atoms with E-state index in [0.29, 0.717) is 4.01 Å². The second kappa shape index (κ2) is 4.03. The van der Waals surface area contributed by atoms with Crippen molar-refractivity contribution in [2.24, 2.45) is 0 Å². The van der Waals surface area contributed by atoms with E-state index in [2.05, 4.69) is 20.8 Å². The molecule has 0 atom stereocenters. The molecule has 0 aliphatic carbocycles. The van der Waals surface area contributed by atoms with E-state index in [0.717, 1.165) is 0 Å². The van der Waals surface area contributed by atoms with Crippen molar-refractivity contribution >= 4 is 0 Å². The third-order valence-electron chi connectivity index (χ3n) is 0.957. The average molecular weight is 216 g/mol. The number of hydrogen-bond acceptors (Lipinski definition) is 0. The first-order valence-corrected chi connectivity index (χ1v) is 3.90. The molecule has 0 amide bonds. The van der Waals surface area contributed by atoms with Crippen molar-refractivity contribution in [1.82, 2.24) is 0 Å². The van der Waals surface area contributed by atoms with Gasteiger partial charge in [-0.25, -0.2) is 0 Å². The maximum Gasteiger partial charge on any atom is -1.00 e. The average Bonchev–Trinajstić information content (AvgIpc) is 1.35. The Morgan fingerprint density at radius 1 is 1.43 bits per heavy atom. The summed E-state index contributed by atoms with van der Waals surface area (Å²) in [5.41, 5.74) is 0. The van der Waals surface area contributed by atoms with Crippen molar-refractivity contribution in [2.75, 3.05) is 0 Å². The van der Waals surface area contributed by atoms with Gasteiger partial charge in [0, 0.05) is 0 Å². The van der Waals surface area contributed by atoms with E-state index in [1.807, 2.05) is 0 Å². The molecule has 0 bridgehead atoms. The first-order chi connectivity index (χ1) is 2.56. The van der Waals surface area contributed by atoms with Crippen molar-refractivity contribution < 1.29 is 35.3 Å². The van der Waals surface area contributed by atoms with E-state index in [1.54, 1.807) is 0 Å². The first-order valence-electron chi connectivity index (χ1n) is 2.41. The summed E-state index contributed by atoms with van der Waals surface area (Å²) < 4.78 is 0.667. The van der Waals surface area contributed by atoms with Gasteiger partial charge >= 0.3 is 49.5 Å². The molecule has 0 aromatic heterocycles. The van der Waals surface area contributed by atoms with Gasteiger partial charge in [-0.3, -0.25) is 0 Å². The van der Waals surface area contributed by atoms with Crippen molar-refractivity contribution in [3.05, 3.63) is 0 Å². The molecule has 0 aromatic carbocycles. The van der Waals surface area contributed by atoms with E-state index < -0.39 is 0 Å². The summed E-state index contributed by atoms with van der Waals surface area (Å²) in [4.78, 5) is 0. The van der Waals surface area contributed by atoms with Crippen LogP contribution in [0.25, 0.3) is 0 Å². The van der Waals surface area contributed by atoms with Crippen LogP contribution in [0, 0.1) is 0 Å². The van der Waals surface area contributed by atoms with E-state index in [1.165, 1.54) is 24.7 Å². The molecular weight excluding hydrogens is 205 g/mol. The van der Waals surface area contributed by atoms with E-state index in [4.69, 9.17) is 0 Å². The fourth-order valence-electron chi connectivity index (χ4n) is 0. The summed E-state index contributed by atoms with van der Waals surface area (Å²) in [7, 11) is 0. The molecule has 0 saturated carbocycles. The standard InChI is InChI=1S/C5H11.BrH.Zn/c1-4-5(2)3;;/h4H2,1-3H3;1H;/q;;+1/p-1. The van der Waals surface area contributed by atoms with Crippen LogP contribution < -0.4 is 17.0 Å². The molecule has 0 rings (SSSR count). The van der Waals surface area contributed by atoms with Gasteiger partial charge in [-0.15, -0.1) is 0 Å². The van der Waals surface area contributed by atoms with Crippen molar-refractivity contribution in [1.29, 1.82) is 0 Å². The van der Waals surface area contributed by atoms with Crippen LogP contribution in [0.2, 0.25) is 4.01 Å². The Morgan fingerprint density at radius 3 is 1.57 bits per heavy atom. The molecule has 0 radical (unpaired) electrons. The van der Waals surface area contributed by atoms with Crippen LogP contribution in [0.15, 0.2) is 0 Å². The molecule has 0 unspecified atom stereocenters. The van der Waals surface area contributed by atoms with Gasteiger partial charge in [0.1, 0.15) is 0 Å². The summed E-state index contributed by atoms with van der Waals surface area (Å²) in [5.74, 6) is 0. The smallest absolute Gasteiger partial charge is 1.00 e. The quantitative estimate of drug-likeness (QED) is 0.501. The Morgan fingerprint density at radius 2 is 1.57 bits per heavy atom. The van der Waals surface area contributed by atoms with Crippen LogP contribution in [0.4, 0.5) is 0 Å². The van der Waals surface area contributed by atoms with E-state index >= 15 is 0 Å². The van der Waals surface area contributed by atoms with Gasteiger partial charge in [-0.2, -0.15) is 0 Å². The maximum atomic E-state index is 2.30. The molecule has 0 saturated heterocycles. The molecule has 0 heterocycles. The second-order valence-electron chi connectivity index (χ2n) is 2.52. The van der Waals surface area contributed by atoms with E-state index in [-0.39, 0.29) is 17.0 Å². The van der Waals surface area contributed by atoms with Crippen LogP contribution in [0.5, 0.6) is 0 Å². The van der Waals surface area contributed by atoms with Gasteiger partial charge in [-0.1, -0.05) is 0 Å². The molecule has 0 nitrogen and oxygen atoms in total. The van der Waals surface area contributed by atoms with Gasteiger partial charge in [0.25, 0.3) is 0 Å². The number of hydrogen-bond donors (Lipinski definition) is 0. The van der Waals surface area contributed by atoms with Crippen LogP contribution in [-0.4, -0.2) is 0 Å². The molecule has 0 spiro atoms. The summed E-state index contributed by atoms with van der Waals surface area (Å²) in [6, 6.07) is 0. The predicted octanol–water partition coefficient (Wildman–Crippen LogP) is -0.854. The van der Waals surface area contributed by atoms with Gasteiger partial charge in [0.15, 0.2) is 0 Å². The molecule has 0 aliphatic heterocycles. The zero-order chi connectivity index (χ0) is 5.21. The van der Waals surface area contributed by atoms with Crippen molar-refractivity contribution in [2.45, 2.75) is 31.2 Å². The van der Waals surface area contributed by atoms with Crippen molar-refractivity contribution in [3.63, 3.8) is 0 Å². The third kappa shape index (κ3) is 11.0. The Balaban J connectivity index is 0. The minimum Gasteiger partial charge on any atom is -1.00 e. The summed E-state index contributed by atoms with van der Waals surface area (Å²) in [5, 5.41) is 0. The number of rotatable bonds is 1. The molecule has 2 heteroatoms. The maximum absolute atomic E-state index is 2.30. The normalized spacial score (nSPS) is 10.4.